The van der Waals surface area contributed by atoms with Crippen molar-refractivity contribution in [3.63, 3.8) is 0 Å². The highest BCUT2D eigenvalue weighted by molar-refractivity contribution is 7.89. The Labute approximate surface area is 177 Å². The number of carbonyl (C=O) groups excluding carboxylic acids is 2. The molecule has 10 heteroatoms. The molecule has 3 rings (SSSR count). The minimum Gasteiger partial charge on any atom is -0.454 e. The van der Waals surface area contributed by atoms with Gasteiger partial charge < -0.3 is 9.47 Å². The molecule has 1 fully saturated rings. The molecule has 0 atom stereocenters. The van der Waals surface area contributed by atoms with Gasteiger partial charge in [0.05, 0.1) is 27.3 Å². The Hall–Kier alpha value is -2.04. The highest BCUT2D eigenvalue weighted by atomic mass is 35.5. The Kier molecular flexibility index (Phi) is 7.20. The monoisotopic (exact) mass is 455 g/mol. The zero-order valence-electron chi connectivity index (χ0n) is 15.2. The van der Waals surface area contributed by atoms with Crippen LogP contribution in [0.2, 0.25) is 4.34 Å². The van der Waals surface area contributed by atoms with Gasteiger partial charge in [-0.15, -0.1) is 11.3 Å². The summed E-state index contributed by atoms with van der Waals surface area (Å²) in [5, 5.41) is 0. The number of sulfonamides is 1. The van der Waals surface area contributed by atoms with E-state index in [-0.39, 0.29) is 17.3 Å². The van der Waals surface area contributed by atoms with Crippen LogP contribution in [0.25, 0.3) is 6.08 Å². The van der Waals surface area contributed by atoms with E-state index in [1.54, 1.807) is 24.3 Å². The minimum absolute atomic E-state index is 0.180. The maximum Gasteiger partial charge on any atom is 0.331 e. The van der Waals surface area contributed by atoms with Gasteiger partial charge in [-0.1, -0.05) is 23.7 Å². The first kappa shape index (κ1) is 21.7. The largest absolute Gasteiger partial charge is 0.454 e. The maximum absolute atomic E-state index is 12.6. The summed E-state index contributed by atoms with van der Waals surface area (Å²) < 4.78 is 37.1. The van der Waals surface area contributed by atoms with Gasteiger partial charge in [0.2, 0.25) is 15.8 Å². The zero-order chi connectivity index (χ0) is 20.9. The molecule has 1 aliphatic rings. The number of morpholine rings is 1. The van der Waals surface area contributed by atoms with Crippen molar-refractivity contribution in [2.24, 2.45) is 0 Å². The Morgan fingerprint density at radius 3 is 2.45 bits per heavy atom. The molecule has 2 heterocycles. The highest BCUT2D eigenvalue weighted by Gasteiger charge is 2.25. The number of hydrogen-bond donors (Lipinski definition) is 0. The van der Waals surface area contributed by atoms with Crippen LogP contribution < -0.4 is 0 Å². The number of carbonyl (C=O) groups is 2. The van der Waals surface area contributed by atoms with Crippen LogP contribution in [0.5, 0.6) is 0 Å². The molecule has 0 spiro atoms. The van der Waals surface area contributed by atoms with E-state index in [0.717, 1.165) is 11.3 Å². The molecule has 0 saturated carbocycles. The lowest BCUT2D eigenvalue weighted by atomic mass is 10.2. The lowest BCUT2D eigenvalue weighted by molar-refractivity contribution is -0.136. The SMILES string of the molecule is O=C(/C=C/c1ccc(S(=O)(=O)N2CCOCC2)cc1)OCC(=O)c1ccc(Cl)s1. The molecule has 0 bridgehead atoms. The van der Waals surface area contributed by atoms with E-state index >= 15 is 0 Å². The third kappa shape index (κ3) is 5.74. The molecule has 0 amide bonds. The van der Waals surface area contributed by atoms with Crippen molar-refractivity contribution < 1.29 is 27.5 Å². The molecule has 154 valence electrons. The van der Waals surface area contributed by atoms with Gasteiger partial charge in [-0.3, -0.25) is 4.79 Å². The fourth-order valence-electron chi connectivity index (χ4n) is 2.57. The summed E-state index contributed by atoms with van der Waals surface area (Å²) in [6, 6.07) is 9.33. The molecular weight excluding hydrogens is 438 g/mol. The van der Waals surface area contributed by atoms with Gasteiger partial charge in [-0.25, -0.2) is 13.2 Å². The Morgan fingerprint density at radius 2 is 1.83 bits per heavy atom. The number of Topliss-reactive ketones (excluding diaryl/α,β-unsaturated/α-hetero) is 1. The number of ketones is 1. The maximum atomic E-state index is 12.6. The van der Waals surface area contributed by atoms with Crippen LogP contribution >= 0.6 is 22.9 Å². The number of benzene rings is 1. The fourth-order valence-corrected chi connectivity index (χ4v) is 4.95. The number of rotatable bonds is 7. The summed E-state index contributed by atoms with van der Waals surface area (Å²) in [5.74, 6) is -1.01. The molecular formula is C19H18ClNO6S2. The number of hydrogen-bond acceptors (Lipinski definition) is 7. The van der Waals surface area contributed by atoms with Crippen LogP contribution in [-0.2, 0) is 24.3 Å². The summed E-state index contributed by atoms with van der Waals surface area (Å²) in [4.78, 5) is 24.3. The Bertz CT molecular complexity index is 1010. The Morgan fingerprint density at radius 1 is 1.14 bits per heavy atom. The quantitative estimate of drug-likeness (QED) is 0.362. The topological polar surface area (TPSA) is 90.0 Å². The average Bonchev–Trinajstić information content (AvgIpc) is 3.18. The van der Waals surface area contributed by atoms with Gasteiger partial charge in [0.25, 0.3) is 0 Å². The van der Waals surface area contributed by atoms with Crippen LogP contribution in [0.15, 0.2) is 47.4 Å². The van der Waals surface area contributed by atoms with Gasteiger partial charge in [0.15, 0.2) is 6.61 Å². The fraction of sp³-hybridized carbons (Fsp3) is 0.263. The van der Waals surface area contributed by atoms with E-state index < -0.39 is 16.0 Å². The third-order valence-corrected chi connectivity index (χ3v) is 7.28. The standard InChI is InChI=1S/C19H18ClNO6S2/c20-18-7-6-17(28-18)16(22)13-27-19(23)8-3-14-1-4-15(5-2-14)29(24,25)21-9-11-26-12-10-21/h1-8H,9-13H2/b8-3+. The van der Waals surface area contributed by atoms with Crippen LogP contribution in [0, 0.1) is 0 Å². The number of esters is 1. The van der Waals surface area contributed by atoms with E-state index in [2.05, 4.69) is 0 Å². The summed E-state index contributed by atoms with van der Waals surface area (Å²) in [6.07, 6.45) is 2.67. The molecule has 0 N–H and O–H groups in total. The highest BCUT2D eigenvalue weighted by Crippen LogP contribution is 2.22. The van der Waals surface area contributed by atoms with E-state index in [4.69, 9.17) is 21.1 Å². The minimum atomic E-state index is -3.56. The lowest BCUT2D eigenvalue weighted by Gasteiger charge is -2.26. The predicted octanol–water partition coefficient (Wildman–Crippen LogP) is 2.86. The molecule has 7 nitrogen and oxygen atoms in total. The number of halogens is 1. The van der Waals surface area contributed by atoms with Crippen molar-refractivity contribution >= 4 is 50.8 Å². The molecule has 2 aromatic rings. The molecule has 1 aromatic heterocycles. The van der Waals surface area contributed by atoms with E-state index in [0.29, 0.717) is 41.1 Å². The lowest BCUT2D eigenvalue weighted by Crippen LogP contribution is -2.40. The molecule has 1 aromatic carbocycles. The van der Waals surface area contributed by atoms with E-state index in [1.807, 2.05) is 0 Å². The van der Waals surface area contributed by atoms with Crippen molar-refractivity contribution in [2.45, 2.75) is 4.90 Å². The molecule has 0 aliphatic carbocycles. The first-order chi connectivity index (χ1) is 13.9. The molecule has 1 saturated heterocycles. The molecule has 0 unspecified atom stereocenters. The van der Waals surface area contributed by atoms with Crippen LogP contribution in [-0.4, -0.2) is 57.4 Å². The van der Waals surface area contributed by atoms with Gasteiger partial charge in [-0.2, -0.15) is 4.31 Å². The number of thiophene rings is 1. The predicted molar refractivity (Wildman–Crippen MR) is 110 cm³/mol. The van der Waals surface area contributed by atoms with E-state index in [1.165, 1.54) is 28.6 Å². The van der Waals surface area contributed by atoms with Gasteiger partial charge >= 0.3 is 5.97 Å². The zero-order valence-corrected chi connectivity index (χ0v) is 17.6. The van der Waals surface area contributed by atoms with Crippen molar-refractivity contribution in [3.8, 4) is 0 Å². The van der Waals surface area contributed by atoms with Crippen molar-refractivity contribution in [1.82, 2.24) is 4.31 Å². The summed E-state index contributed by atoms with van der Waals surface area (Å²) in [5.41, 5.74) is 0.624. The average molecular weight is 456 g/mol. The molecule has 29 heavy (non-hydrogen) atoms. The third-order valence-electron chi connectivity index (χ3n) is 4.09. The first-order valence-electron chi connectivity index (χ1n) is 8.67. The van der Waals surface area contributed by atoms with Crippen LogP contribution in [0.1, 0.15) is 15.2 Å². The van der Waals surface area contributed by atoms with Crippen LogP contribution in [0.3, 0.4) is 0 Å². The normalized spacial score (nSPS) is 15.5. The van der Waals surface area contributed by atoms with Crippen molar-refractivity contribution in [1.29, 1.82) is 0 Å². The summed E-state index contributed by atoms with van der Waals surface area (Å²) in [6.45, 7) is 1.03. The molecule has 1 aliphatic heterocycles. The summed E-state index contributed by atoms with van der Waals surface area (Å²) in [7, 11) is -3.56. The first-order valence-corrected chi connectivity index (χ1v) is 11.3. The number of ether oxygens (including phenoxy) is 2. The smallest absolute Gasteiger partial charge is 0.331 e. The second-order valence-corrected chi connectivity index (χ2v) is 9.71. The second-order valence-electron chi connectivity index (χ2n) is 6.05. The van der Waals surface area contributed by atoms with Crippen LogP contribution in [0.4, 0.5) is 0 Å². The van der Waals surface area contributed by atoms with Crippen molar-refractivity contribution in [3.05, 3.63) is 57.3 Å². The van der Waals surface area contributed by atoms with Gasteiger partial charge in [-0.05, 0) is 35.9 Å². The second kappa shape index (κ2) is 9.64. The number of nitrogens with zero attached hydrogens (tertiary/aromatic N) is 1. The van der Waals surface area contributed by atoms with Crippen molar-refractivity contribution in [2.75, 3.05) is 32.9 Å². The van der Waals surface area contributed by atoms with Gasteiger partial charge in [0.1, 0.15) is 0 Å². The summed E-state index contributed by atoms with van der Waals surface area (Å²) >= 11 is 6.89. The molecule has 0 radical (unpaired) electrons. The van der Waals surface area contributed by atoms with E-state index in [9.17, 15) is 18.0 Å². The van der Waals surface area contributed by atoms with Gasteiger partial charge in [0, 0.05) is 19.2 Å². The Balaban J connectivity index is 1.55.